The Morgan fingerprint density at radius 3 is 2.67 bits per heavy atom. The number of halogens is 1. The molecule has 0 unspecified atom stereocenters. The lowest BCUT2D eigenvalue weighted by atomic mass is 10.3. The van der Waals surface area contributed by atoms with Gasteiger partial charge < -0.3 is 24.0 Å². The van der Waals surface area contributed by atoms with Gasteiger partial charge in [0.15, 0.2) is 11.2 Å². The first kappa shape index (κ1) is 13.4. The van der Waals surface area contributed by atoms with E-state index in [9.17, 15) is 0 Å². The topological polar surface area (TPSA) is 16.8 Å². The third-order valence-electron chi connectivity index (χ3n) is 2.79. The van der Waals surface area contributed by atoms with Crippen LogP contribution in [-0.2, 0) is 6.54 Å². The number of para-hydroxylation sites is 1. The van der Waals surface area contributed by atoms with Crippen molar-refractivity contribution in [2.45, 2.75) is 13.5 Å². The summed E-state index contributed by atoms with van der Waals surface area (Å²) in [7, 11) is 0. The molecule has 3 aromatic rings. The molecule has 92 valence electrons. The van der Waals surface area contributed by atoms with E-state index >= 15 is 0 Å². The lowest BCUT2D eigenvalue weighted by Crippen LogP contribution is -3.00. The lowest BCUT2D eigenvalue weighted by molar-refractivity contribution is -0.682. The highest BCUT2D eigenvalue weighted by molar-refractivity contribution is 7.21. The van der Waals surface area contributed by atoms with Crippen molar-refractivity contribution >= 4 is 21.6 Å². The van der Waals surface area contributed by atoms with Crippen LogP contribution in [0.2, 0.25) is 0 Å². The van der Waals surface area contributed by atoms with E-state index in [4.69, 9.17) is 0 Å². The Kier molecular flexibility index (Phi) is 4.29. The van der Waals surface area contributed by atoms with Crippen molar-refractivity contribution in [3.63, 3.8) is 0 Å². The number of rotatable bonds is 2. The number of aryl methyl sites for hydroxylation is 1. The first-order chi connectivity index (χ1) is 8.38. The molecule has 2 aromatic heterocycles. The van der Waals surface area contributed by atoms with E-state index in [-0.39, 0.29) is 24.0 Å². The molecule has 0 fully saturated rings. The summed E-state index contributed by atoms with van der Waals surface area (Å²) < 4.78 is 3.46. The molecule has 0 aliphatic heterocycles. The second-order valence-electron chi connectivity index (χ2n) is 3.86. The van der Waals surface area contributed by atoms with Crippen LogP contribution >= 0.6 is 11.3 Å². The summed E-state index contributed by atoms with van der Waals surface area (Å²) in [6, 6.07) is 14.5. The molecule has 0 amide bonds. The Labute approximate surface area is 127 Å². The van der Waals surface area contributed by atoms with Crippen molar-refractivity contribution in [2.24, 2.45) is 0 Å². The lowest BCUT2D eigenvalue weighted by Gasteiger charge is -1.96. The Bertz CT molecular complexity index is 630. The quantitative estimate of drug-likeness (QED) is 0.469. The fourth-order valence-electron chi connectivity index (χ4n) is 1.93. The van der Waals surface area contributed by atoms with Gasteiger partial charge in [-0.05, 0) is 25.1 Å². The zero-order chi connectivity index (χ0) is 11.7. The highest BCUT2D eigenvalue weighted by atomic mass is 127. The third kappa shape index (κ3) is 2.40. The highest BCUT2D eigenvalue weighted by Crippen LogP contribution is 2.27. The van der Waals surface area contributed by atoms with E-state index in [0.29, 0.717) is 0 Å². The average molecular weight is 368 g/mol. The van der Waals surface area contributed by atoms with E-state index in [2.05, 4.69) is 59.1 Å². The smallest absolute Gasteiger partial charge is 0.241 e. The molecule has 0 saturated carbocycles. The molecule has 3 rings (SSSR count). The van der Waals surface area contributed by atoms with Crippen LogP contribution in [0, 0.1) is 0 Å². The van der Waals surface area contributed by atoms with Gasteiger partial charge in [0, 0.05) is 12.1 Å². The SMILES string of the molecule is CC[n+]1ccccc1-c1nc2ccccc2s1.[I-]. The minimum absolute atomic E-state index is 0. The third-order valence-corrected chi connectivity index (χ3v) is 3.85. The molecule has 18 heavy (non-hydrogen) atoms. The molecule has 2 nitrogen and oxygen atoms in total. The summed E-state index contributed by atoms with van der Waals surface area (Å²) in [6.45, 7) is 3.11. The van der Waals surface area contributed by atoms with Crippen molar-refractivity contribution in [1.82, 2.24) is 4.98 Å². The van der Waals surface area contributed by atoms with E-state index < -0.39 is 0 Å². The molecule has 2 heterocycles. The van der Waals surface area contributed by atoms with Gasteiger partial charge in [0.05, 0.1) is 10.2 Å². The maximum atomic E-state index is 4.69. The molecular weight excluding hydrogens is 355 g/mol. The van der Waals surface area contributed by atoms with E-state index in [1.54, 1.807) is 11.3 Å². The first-order valence-corrected chi connectivity index (χ1v) is 6.54. The summed E-state index contributed by atoms with van der Waals surface area (Å²) in [4.78, 5) is 4.69. The number of hydrogen-bond acceptors (Lipinski definition) is 2. The van der Waals surface area contributed by atoms with Crippen molar-refractivity contribution in [1.29, 1.82) is 0 Å². The van der Waals surface area contributed by atoms with E-state index in [0.717, 1.165) is 17.1 Å². The molecule has 0 bridgehead atoms. The van der Waals surface area contributed by atoms with Crippen molar-refractivity contribution < 1.29 is 28.5 Å². The number of thiazole rings is 1. The summed E-state index contributed by atoms with van der Waals surface area (Å²) in [5.41, 5.74) is 2.27. The molecule has 0 spiro atoms. The molecule has 0 aliphatic carbocycles. The van der Waals surface area contributed by atoms with Gasteiger partial charge in [0.2, 0.25) is 5.69 Å². The van der Waals surface area contributed by atoms with E-state index in [1.165, 1.54) is 10.4 Å². The van der Waals surface area contributed by atoms with Gasteiger partial charge in [0.25, 0.3) is 0 Å². The predicted molar refractivity (Wildman–Crippen MR) is 70.9 cm³/mol. The highest BCUT2D eigenvalue weighted by Gasteiger charge is 2.14. The molecule has 0 atom stereocenters. The summed E-state index contributed by atoms with van der Waals surface area (Å²) in [5.74, 6) is 0. The molecule has 0 N–H and O–H groups in total. The summed E-state index contributed by atoms with van der Waals surface area (Å²) in [5, 5.41) is 1.09. The van der Waals surface area contributed by atoms with Crippen LogP contribution in [0.1, 0.15) is 6.92 Å². The van der Waals surface area contributed by atoms with Gasteiger partial charge in [-0.2, -0.15) is 4.57 Å². The van der Waals surface area contributed by atoms with E-state index in [1.807, 2.05) is 6.07 Å². The largest absolute Gasteiger partial charge is 1.00 e. The van der Waals surface area contributed by atoms with Gasteiger partial charge >= 0.3 is 0 Å². The van der Waals surface area contributed by atoms with Crippen LogP contribution in [-0.4, -0.2) is 4.98 Å². The van der Waals surface area contributed by atoms with Gasteiger partial charge in [0.1, 0.15) is 6.54 Å². The Morgan fingerprint density at radius 2 is 1.89 bits per heavy atom. The maximum Gasteiger partial charge on any atom is 0.241 e. The van der Waals surface area contributed by atoms with Crippen molar-refractivity contribution in [2.75, 3.05) is 0 Å². The van der Waals surface area contributed by atoms with Crippen LogP contribution < -0.4 is 28.5 Å². The normalized spacial score (nSPS) is 10.3. The average Bonchev–Trinajstić information content (AvgIpc) is 2.82. The Balaban J connectivity index is 0.00000120. The second-order valence-corrected chi connectivity index (χ2v) is 4.89. The second kappa shape index (κ2) is 5.75. The number of hydrogen-bond donors (Lipinski definition) is 0. The monoisotopic (exact) mass is 368 g/mol. The van der Waals surface area contributed by atoms with Crippen LogP contribution in [0.4, 0.5) is 0 Å². The van der Waals surface area contributed by atoms with Crippen LogP contribution in [0.25, 0.3) is 20.9 Å². The standard InChI is InChI=1S/C14H13N2S.HI/c1-2-16-10-6-5-8-12(16)14-15-11-7-3-4-9-13(11)17-14;/h3-10H,2H2,1H3;1H/q+1;/p-1. The molecule has 0 aliphatic rings. The van der Waals surface area contributed by atoms with Crippen LogP contribution in [0.3, 0.4) is 0 Å². The van der Waals surface area contributed by atoms with Gasteiger partial charge in [-0.25, -0.2) is 4.98 Å². The predicted octanol–water partition coefficient (Wildman–Crippen LogP) is 0.275. The Hall–Kier alpha value is -1.01. The molecule has 4 heteroatoms. The molecule has 0 radical (unpaired) electrons. The van der Waals surface area contributed by atoms with Gasteiger partial charge in [-0.1, -0.05) is 12.1 Å². The van der Waals surface area contributed by atoms with Crippen molar-refractivity contribution in [3.05, 3.63) is 48.7 Å². The fourth-order valence-corrected chi connectivity index (χ4v) is 2.94. The number of fused-ring (bicyclic) bond motifs is 1. The number of pyridine rings is 1. The summed E-state index contributed by atoms with van der Waals surface area (Å²) >= 11 is 1.75. The first-order valence-electron chi connectivity index (χ1n) is 5.73. The summed E-state index contributed by atoms with van der Waals surface area (Å²) in [6.07, 6.45) is 2.10. The minimum Gasteiger partial charge on any atom is -1.00 e. The molecular formula is C14H13IN2S. The number of benzene rings is 1. The maximum absolute atomic E-state index is 4.69. The van der Waals surface area contributed by atoms with Crippen molar-refractivity contribution in [3.8, 4) is 10.7 Å². The zero-order valence-corrected chi connectivity index (χ0v) is 13.0. The van der Waals surface area contributed by atoms with Gasteiger partial charge in [-0.15, -0.1) is 11.3 Å². The molecule has 1 aromatic carbocycles. The minimum atomic E-state index is 0. The van der Waals surface area contributed by atoms with Gasteiger partial charge in [-0.3, -0.25) is 0 Å². The molecule has 0 saturated heterocycles. The Morgan fingerprint density at radius 1 is 1.11 bits per heavy atom. The fraction of sp³-hybridized carbons (Fsp3) is 0.143. The number of aromatic nitrogens is 2. The zero-order valence-electron chi connectivity index (χ0n) is 10.0. The number of nitrogens with zero attached hydrogens (tertiary/aromatic N) is 2. The van der Waals surface area contributed by atoms with Crippen LogP contribution in [0.5, 0.6) is 0 Å². The van der Waals surface area contributed by atoms with Crippen LogP contribution in [0.15, 0.2) is 48.7 Å².